The van der Waals surface area contributed by atoms with Gasteiger partial charge in [-0.25, -0.2) is 0 Å². The maximum Gasteiger partial charge on any atom is 0.253 e. The molecule has 0 radical (unpaired) electrons. The third-order valence-electron chi connectivity index (χ3n) is 3.39. The van der Waals surface area contributed by atoms with E-state index in [4.69, 9.17) is 0 Å². The Hall–Kier alpha value is -2.16. The summed E-state index contributed by atoms with van der Waals surface area (Å²) in [5.41, 5.74) is 3.99. The summed E-state index contributed by atoms with van der Waals surface area (Å²) in [4.78, 5) is 18.4. The van der Waals surface area contributed by atoms with Crippen LogP contribution in [-0.2, 0) is 6.42 Å². The van der Waals surface area contributed by atoms with Crippen LogP contribution in [0, 0.1) is 13.8 Å². The van der Waals surface area contributed by atoms with E-state index >= 15 is 0 Å². The molecule has 3 nitrogen and oxygen atoms in total. The predicted octanol–water partition coefficient (Wildman–Crippen LogP) is 3.01. The Bertz CT molecular complexity index is 593. The highest BCUT2D eigenvalue weighted by Gasteiger charge is 2.13. The topological polar surface area (TPSA) is 33.2 Å². The zero-order valence-corrected chi connectivity index (χ0v) is 12.3. The molecule has 0 bridgehead atoms. The van der Waals surface area contributed by atoms with Gasteiger partial charge in [0, 0.05) is 37.5 Å². The van der Waals surface area contributed by atoms with Crippen LogP contribution in [-0.4, -0.2) is 29.4 Å². The number of aromatic nitrogens is 1. The number of hydrogen-bond acceptors (Lipinski definition) is 2. The van der Waals surface area contributed by atoms with Crippen LogP contribution < -0.4 is 0 Å². The fourth-order valence-corrected chi connectivity index (χ4v) is 2.19. The first-order chi connectivity index (χ1) is 9.58. The van der Waals surface area contributed by atoms with E-state index in [0.29, 0.717) is 6.54 Å². The zero-order valence-electron chi connectivity index (χ0n) is 12.3. The van der Waals surface area contributed by atoms with Crippen LogP contribution >= 0.6 is 0 Å². The normalized spacial score (nSPS) is 10.3. The van der Waals surface area contributed by atoms with Gasteiger partial charge in [0.15, 0.2) is 0 Å². The molecule has 0 aliphatic heterocycles. The molecule has 1 aromatic carbocycles. The van der Waals surface area contributed by atoms with Gasteiger partial charge in [0.05, 0.1) is 0 Å². The molecule has 0 saturated heterocycles. The van der Waals surface area contributed by atoms with E-state index in [2.05, 4.69) is 4.98 Å². The van der Waals surface area contributed by atoms with Crippen LogP contribution in [0.5, 0.6) is 0 Å². The average Bonchev–Trinajstić information content (AvgIpc) is 2.45. The monoisotopic (exact) mass is 268 g/mol. The molecule has 0 spiro atoms. The average molecular weight is 268 g/mol. The highest BCUT2D eigenvalue weighted by molar-refractivity contribution is 5.95. The van der Waals surface area contributed by atoms with Gasteiger partial charge in [0.1, 0.15) is 0 Å². The van der Waals surface area contributed by atoms with Crippen LogP contribution in [0.25, 0.3) is 0 Å². The molecule has 0 saturated carbocycles. The molecule has 2 rings (SSSR count). The number of aryl methyl sites for hydroxylation is 2. The van der Waals surface area contributed by atoms with Gasteiger partial charge >= 0.3 is 0 Å². The number of carbonyl (C=O) groups excluding carboxylic acids is 1. The largest absolute Gasteiger partial charge is 0.341 e. The summed E-state index contributed by atoms with van der Waals surface area (Å²) in [6, 6.07) is 11.8. The van der Waals surface area contributed by atoms with Crippen molar-refractivity contribution in [3.8, 4) is 0 Å². The maximum absolute atomic E-state index is 12.4. The quantitative estimate of drug-likeness (QED) is 0.854. The highest BCUT2D eigenvalue weighted by atomic mass is 16.2. The van der Waals surface area contributed by atoms with E-state index < -0.39 is 0 Å². The summed E-state index contributed by atoms with van der Waals surface area (Å²) in [5, 5.41) is 0. The molecule has 0 N–H and O–H groups in total. The van der Waals surface area contributed by atoms with Crippen molar-refractivity contribution in [3.63, 3.8) is 0 Å². The number of carbonyl (C=O) groups is 1. The lowest BCUT2D eigenvalue weighted by Crippen LogP contribution is -2.29. The van der Waals surface area contributed by atoms with Crippen molar-refractivity contribution in [2.24, 2.45) is 0 Å². The Balaban J connectivity index is 2.01. The Kier molecular flexibility index (Phi) is 4.51. The molecule has 104 valence electrons. The molecule has 0 aliphatic carbocycles. The van der Waals surface area contributed by atoms with Crippen molar-refractivity contribution in [3.05, 3.63) is 65.0 Å². The first-order valence-electron chi connectivity index (χ1n) is 6.80. The van der Waals surface area contributed by atoms with Crippen molar-refractivity contribution in [1.82, 2.24) is 9.88 Å². The highest BCUT2D eigenvalue weighted by Crippen LogP contribution is 2.13. The Morgan fingerprint density at radius 3 is 2.65 bits per heavy atom. The fourth-order valence-electron chi connectivity index (χ4n) is 2.19. The van der Waals surface area contributed by atoms with Crippen molar-refractivity contribution < 1.29 is 4.79 Å². The van der Waals surface area contributed by atoms with Gasteiger partial charge in [-0.15, -0.1) is 0 Å². The molecule has 2 aromatic rings. The van der Waals surface area contributed by atoms with Gasteiger partial charge in [-0.3, -0.25) is 9.78 Å². The molecule has 0 atom stereocenters. The summed E-state index contributed by atoms with van der Waals surface area (Å²) in [7, 11) is 1.84. The lowest BCUT2D eigenvalue weighted by Gasteiger charge is -2.18. The van der Waals surface area contributed by atoms with Crippen LogP contribution in [0.3, 0.4) is 0 Å². The number of pyridine rings is 1. The van der Waals surface area contributed by atoms with Gasteiger partial charge in [-0.2, -0.15) is 0 Å². The zero-order chi connectivity index (χ0) is 14.5. The standard InChI is InChI=1S/C17H20N2O/c1-13-7-8-16(14(2)12-13)17(20)19(3)11-9-15-6-4-5-10-18-15/h4-8,10,12H,9,11H2,1-3H3. The van der Waals surface area contributed by atoms with E-state index in [1.54, 1.807) is 11.1 Å². The number of hydrogen-bond donors (Lipinski definition) is 0. The minimum Gasteiger partial charge on any atom is -0.341 e. The van der Waals surface area contributed by atoms with Crippen LogP contribution in [0.15, 0.2) is 42.6 Å². The Labute approximate surface area is 120 Å². The van der Waals surface area contributed by atoms with Crippen LogP contribution in [0.1, 0.15) is 27.2 Å². The molecule has 1 aromatic heterocycles. The third kappa shape index (κ3) is 3.44. The molecule has 1 heterocycles. The molecular weight excluding hydrogens is 248 g/mol. The van der Waals surface area contributed by atoms with Gasteiger partial charge in [0.2, 0.25) is 0 Å². The minimum atomic E-state index is 0.0680. The van der Waals surface area contributed by atoms with Crippen molar-refractivity contribution in [2.45, 2.75) is 20.3 Å². The molecule has 0 fully saturated rings. The smallest absolute Gasteiger partial charge is 0.253 e. The second-order valence-corrected chi connectivity index (χ2v) is 5.12. The maximum atomic E-state index is 12.4. The summed E-state index contributed by atoms with van der Waals surface area (Å²) in [5.74, 6) is 0.0680. The van der Waals surface area contributed by atoms with Crippen molar-refractivity contribution in [2.75, 3.05) is 13.6 Å². The minimum absolute atomic E-state index is 0.0680. The molecule has 0 aliphatic rings. The van der Waals surface area contributed by atoms with Gasteiger partial charge in [0.25, 0.3) is 5.91 Å². The number of benzene rings is 1. The van der Waals surface area contributed by atoms with Crippen molar-refractivity contribution in [1.29, 1.82) is 0 Å². The third-order valence-corrected chi connectivity index (χ3v) is 3.39. The first kappa shape index (κ1) is 14.3. The van der Waals surface area contributed by atoms with E-state index in [9.17, 15) is 4.79 Å². The van der Waals surface area contributed by atoms with Crippen molar-refractivity contribution >= 4 is 5.91 Å². The Morgan fingerprint density at radius 1 is 1.20 bits per heavy atom. The second-order valence-electron chi connectivity index (χ2n) is 5.12. The fraction of sp³-hybridized carbons (Fsp3) is 0.294. The predicted molar refractivity (Wildman–Crippen MR) is 80.8 cm³/mol. The van der Waals surface area contributed by atoms with E-state index in [0.717, 1.165) is 23.2 Å². The summed E-state index contributed by atoms with van der Waals surface area (Å²) >= 11 is 0. The van der Waals surface area contributed by atoms with Crippen LogP contribution in [0.4, 0.5) is 0 Å². The summed E-state index contributed by atoms with van der Waals surface area (Å²) in [6.45, 7) is 4.68. The molecule has 1 amide bonds. The van der Waals surface area contributed by atoms with Gasteiger partial charge < -0.3 is 4.90 Å². The lowest BCUT2D eigenvalue weighted by atomic mass is 10.0. The van der Waals surface area contributed by atoms with Crippen LogP contribution in [0.2, 0.25) is 0 Å². The second kappa shape index (κ2) is 6.33. The molecular formula is C17H20N2O. The summed E-state index contributed by atoms with van der Waals surface area (Å²) < 4.78 is 0. The lowest BCUT2D eigenvalue weighted by molar-refractivity contribution is 0.0795. The van der Waals surface area contributed by atoms with Gasteiger partial charge in [-0.1, -0.05) is 23.8 Å². The number of nitrogens with zero attached hydrogens (tertiary/aromatic N) is 2. The van der Waals surface area contributed by atoms with E-state index in [-0.39, 0.29) is 5.91 Å². The number of likely N-dealkylation sites (N-methyl/N-ethyl adjacent to an activating group) is 1. The number of rotatable bonds is 4. The molecule has 3 heteroatoms. The SMILES string of the molecule is Cc1ccc(C(=O)N(C)CCc2ccccn2)c(C)c1. The van der Waals surface area contributed by atoms with Gasteiger partial charge in [-0.05, 0) is 37.6 Å². The Morgan fingerprint density at radius 2 is 2.00 bits per heavy atom. The first-order valence-corrected chi connectivity index (χ1v) is 6.80. The van der Waals surface area contributed by atoms with E-state index in [1.807, 2.05) is 57.3 Å². The van der Waals surface area contributed by atoms with E-state index in [1.165, 1.54) is 5.56 Å². The molecule has 0 unspecified atom stereocenters. The number of amides is 1. The molecule has 20 heavy (non-hydrogen) atoms. The summed E-state index contributed by atoms with van der Waals surface area (Å²) in [6.07, 6.45) is 2.55.